The van der Waals surface area contributed by atoms with Gasteiger partial charge in [0, 0.05) is 24.4 Å². The van der Waals surface area contributed by atoms with Gasteiger partial charge in [0.05, 0.1) is 5.69 Å². The fraction of sp³-hybridized carbons (Fsp3) is 0.400. The van der Waals surface area contributed by atoms with Crippen LogP contribution in [0.3, 0.4) is 0 Å². The van der Waals surface area contributed by atoms with E-state index in [1.165, 1.54) is 27.8 Å². The van der Waals surface area contributed by atoms with E-state index in [-0.39, 0.29) is 12.0 Å². The van der Waals surface area contributed by atoms with E-state index in [0.717, 1.165) is 42.8 Å². The zero-order valence-electron chi connectivity index (χ0n) is 13.6. The lowest BCUT2D eigenvalue weighted by Crippen LogP contribution is -2.29. The van der Waals surface area contributed by atoms with Gasteiger partial charge in [-0.05, 0) is 54.5 Å². The Kier molecular flexibility index (Phi) is 2.56. The van der Waals surface area contributed by atoms with Crippen molar-refractivity contribution in [3.8, 4) is 11.5 Å². The standard InChI is InChI=1S/C20H21NO2/c1-10-3-4-13-8-15-16(23-20(13)11(10)2)9-14-7-12-5-6-21-18(12)19(22)17(14)15/h3-4,7,15-16,21-22H,5-6,8-9H2,1-2H3. The Labute approximate surface area is 136 Å². The van der Waals surface area contributed by atoms with Crippen LogP contribution in [0.5, 0.6) is 11.5 Å². The molecule has 0 spiro atoms. The minimum absolute atomic E-state index is 0.159. The molecule has 0 bridgehead atoms. The van der Waals surface area contributed by atoms with Crippen LogP contribution in [0, 0.1) is 13.8 Å². The van der Waals surface area contributed by atoms with Crippen LogP contribution in [0.4, 0.5) is 5.69 Å². The SMILES string of the molecule is Cc1ccc2c(c1C)OC1Cc3cc4c(c(O)c3C1C2)NCC4. The Hall–Kier alpha value is -2.16. The smallest absolute Gasteiger partial charge is 0.142 e. The molecule has 3 heteroatoms. The second kappa shape index (κ2) is 4.44. The molecule has 0 fully saturated rings. The summed E-state index contributed by atoms with van der Waals surface area (Å²) in [6.07, 6.45) is 3.03. The Morgan fingerprint density at radius 3 is 2.87 bits per heavy atom. The zero-order valence-corrected chi connectivity index (χ0v) is 13.6. The third-order valence-electron chi connectivity index (χ3n) is 5.91. The maximum atomic E-state index is 10.8. The number of aromatic hydroxyl groups is 1. The molecular formula is C20H21NO2. The Morgan fingerprint density at radius 1 is 1.13 bits per heavy atom. The van der Waals surface area contributed by atoms with Crippen LogP contribution in [0.1, 0.15) is 39.3 Å². The first-order valence-electron chi connectivity index (χ1n) is 8.50. The van der Waals surface area contributed by atoms with Gasteiger partial charge in [-0.2, -0.15) is 0 Å². The number of hydrogen-bond donors (Lipinski definition) is 2. The normalized spacial score (nSPS) is 23.4. The lowest BCUT2D eigenvalue weighted by Gasteiger charge is -2.31. The largest absolute Gasteiger partial charge is 0.505 e. The number of rotatable bonds is 0. The highest BCUT2D eigenvalue weighted by Crippen LogP contribution is 2.51. The van der Waals surface area contributed by atoms with E-state index in [1.54, 1.807) is 0 Å². The molecule has 3 nitrogen and oxygen atoms in total. The number of ether oxygens (including phenoxy) is 1. The highest BCUT2D eigenvalue weighted by Gasteiger charge is 2.41. The van der Waals surface area contributed by atoms with Gasteiger partial charge < -0.3 is 15.2 Å². The molecule has 5 rings (SSSR count). The van der Waals surface area contributed by atoms with E-state index in [0.29, 0.717) is 5.75 Å². The Bertz CT molecular complexity index is 840. The van der Waals surface area contributed by atoms with Gasteiger partial charge in [0.1, 0.15) is 17.6 Å². The lowest BCUT2D eigenvalue weighted by atomic mass is 9.87. The summed E-state index contributed by atoms with van der Waals surface area (Å²) in [4.78, 5) is 0. The minimum atomic E-state index is 0.159. The number of aryl methyl sites for hydroxylation is 1. The quantitative estimate of drug-likeness (QED) is 0.730. The summed E-state index contributed by atoms with van der Waals surface area (Å²) in [6, 6.07) is 6.65. The molecule has 118 valence electrons. The van der Waals surface area contributed by atoms with Gasteiger partial charge >= 0.3 is 0 Å². The van der Waals surface area contributed by atoms with Crippen molar-refractivity contribution < 1.29 is 9.84 Å². The molecule has 2 unspecified atom stereocenters. The van der Waals surface area contributed by atoms with Crippen LogP contribution in [0.2, 0.25) is 0 Å². The first-order chi connectivity index (χ1) is 11.1. The maximum Gasteiger partial charge on any atom is 0.142 e. The summed E-state index contributed by atoms with van der Waals surface area (Å²) in [5.41, 5.74) is 8.41. The molecule has 2 aromatic carbocycles. The first kappa shape index (κ1) is 13.3. The Balaban J connectivity index is 1.62. The molecule has 2 N–H and O–H groups in total. The molecule has 0 saturated heterocycles. The van der Waals surface area contributed by atoms with Crippen LogP contribution in [0.25, 0.3) is 0 Å². The highest BCUT2D eigenvalue weighted by molar-refractivity contribution is 5.71. The zero-order chi connectivity index (χ0) is 15.7. The predicted octanol–water partition coefficient (Wildman–Crippen LogP) is 3.62. The molecule has 0 radical (unpaired) electrons. The summed E-state index contributed by atoms with van der Waals surface area (Å²) < 4.78 is 6.40. The van der Waals surface area contributed by atoms with E-state index in [9.17, 15) is 5.11 Å². The van der Waals surface area contributed by atoms with Crippen molar-refractivity contribution in [3.63, 3.8) is 0 Å². The molecule has 23 heavy (non-hydrogen) atoms. The second-order valence-corrected chi connectivity index (χ2v) is 7.18. The van der Waals surface area contributed by atoms with E-state index >= 15 is 0 Å². The van der Waals surface area contributed by atoms with Crippen molar-refractivity contribution in [1.29, 1.82) is 0 Å². The molecule has 0 saturated carbocycles. The number of phenols is 1. The van der Waals surface area contributed by atoms with Gasteiger partial charge in [0.2, 0.25) is 0 Å². The molecule has 3 aliphatic rings. The monoisotopic (exact) mass is 307 g/mol. The summed E-state index contributed by atoms with van der Waals surface area (Å²) in [5.74, 6) is 1.81. The van der Waals surface area contributed by atoms with Crippen LogP contribution in [0.15, 0.2) is 18.2 Å². The highest BCUT2D eigenvalue weighted by atomic mass is 16.5. The van der Waals surface area contributed by atoms with Crippen LogP contribution < -0.4 is 10.1 Å². The van der Waals surface area contributed by atoms with E-state index in [1.807, 2.05) is 0 Å². The maximum absolute atomic E-state index is 10.8. The summed E-state index contributed by atoms with van der Waals surface area (Å²) in [7, 11) is 0. The third-order valence-corrected chi connectivity index (χ3v) is 5.91. The molecule has 1 aliphatic carbocycles. The number of benzene rings is 2. The third kappa shape index (κ3) is 1.71. The van der Waals surface area contributed by atoms with E-state index in [2.05, 4.69) is 37.4 Å². The molecule has 2 heterocycles. The lowest BCUT2D eigenvalue weighted by molar-refractivity contribution is 0.161. The van der Waals surface area contributed by atoms with Gasteiger partial charge in [-0.1, -0.05) is 18.2 Å². The fourth-order valence-electron chi connectivity index (χ4n) is 4.56. The van der Waals surface area contributed by atoms with Crippen LogP contribution in [-0.2, 0) is 19.3 Å². The second-order valence-electron chi connectivity index (χ2n) is 7.18. The van der Waals surface area contributed by atoms with Crippen molar-refractivity contribution in [3.05, 3.63) is 51.6 Å². The van der Waals surface area contributed by atoms with Crippen LogP contribution in [-0.4, -0.2) is 17.8 Å². The average Bonchev–Trinajstić information content (AvgIpc) is 3.14. The van der Waals surface area contributed by atoms with Crippen LogP contribution >= 0.6 is 0 Å². The number of anilines is 1. The molecule has 2 atom stereocenters. The van der Waals surface area contributed by atoms with Gasteiger partial charge in [-0.3, -0.25) is 0 Å². The van der Waals surface area contributed by atoms with Gasteiger partial charge in [0.15, 0.2) is 0 Å². The number of hydrogen-bond acceptors (Lipinski definition) is 3. The number of nitrogens with one attached hydrogen (secondary N) is 1. The van der Waals surface area contributed by atoms with Crippen molar-refractivity contribution in [2.45, 2.75) is 45.1 Å². The molecule has 2 aliphatic heterocycles. The Morgan fingerprint density at radius 2 is 2.00 bits per heavy atom. The van der Waals surface area contributed by atoms with Gasteiger partial charge in [0.25, 0.3) is 0 Å². The van der Waals surface area contributed by atoms with Crippen molar-refractivity contribution >= 4 is 5.69 Å². The van der Waals surface area contributed by atoms with Crippen molar-refractivity contribution in [2.24, 2.45) is 0 Å². The minimum Gasteiger partial charge on any atom is -0.505 e. The summed E-state index contributed by atoms with van der Waals surface area (Å²) >= 11 is 0. The molecular weight excluding hydrogens is 286 g/mol. The van der Waals surface area contributed by atoms with Gasteiger partial charge in [-0.15, -0.1) is 0 Å². The molecule has 0 amide bonds. The average molecular weight is 307 g/mol. The predicted molar refractivity (Wildman–Crippen MR) is 90.8 cm³/mol. The van der Waals surface area contributed by atoms with E-state index in [4.69, 9.17) is 4.74 Å². The topological polar surface area (TPSA) is 41.5 Å². The summed E-state index contributed by atoms with van der Waals surface area (Å²) in [6.45, 7) is 5.21. The first-order valence-corrected chi connectivity index (χ1v) is 8.50. The fourth-order valence-corrected chi connectivity index (χ4v) is 4.56. The van der Waals surface area contributed by atoms with E-state index < -0.39 is 0 Å². The molecule has 0 aromatic heterocycles. The summed E-state index contributed by atoms with van der Waals surface area (Å²) in [5, 5.41) is 14.1. The van der Waals surface area contributed by atoms with Crippen molar-refractivity contribution in [2.75, 3.05) is 11.9 Å². The number of fused-ring (bicyclic) bond motifs is 5. The van der Waals surface area contributed by atoms with Gasteiger partial charge in [-0.25, -0.2) is 0 Å². The van der Waals surface area contributed by atoms with Crippen molar-refractivity contribution in [1.82, 2.24) is 0 Å². The molecule has 2 aromatic rings. The number of phenolic OH excluding ortho intramolecular Hbond substituents is 1.